The van der Waals surface area contributed by atoms with Crippen molar-refractivity contribution >= 4 is 17.3 Å². The van der Waals surface area contributed by atoms with Gasteiger partial charge in [-0.25, -0.2) is 9.97 Å². The highest BCUT2D eigenvalue weighted by Gasteiger charge is 2.32. The Morgan fingerprint density at radius 3 is 2.56 bits per heavy atom. The molecule has 1 fully saturated rings. The molecule has 1 amide bonds. The van der Waals surface area contributed by atoms with Crippen molar-refractivity contribution in [1.82, 2.24) is 19.8 Å². The van der Waals surface area contributed by atoms with Crippen LogP contribution in [0.5, 0.6) is 0 Å². The Morgan fingerprint density at radius 2 is 1.87 bits per heavy atom. The number of carbonyl (C=O) groups is 1. The maximum Gasteiger partial charge on any atom is 0.416 e. The Balaban J connectivity index is 1.36. The summed E-state index contributed by atoms with van der Waals surface area (Å²) < 4.78 is 41.3. The second kappa shape index (κ2) is 10.9. The summed E-state index contributed by atoms with van der Waals surface area (Å²) >= 11 is 0. The zero-order valence-electron chi connectivity index (χ0n) is 22.4. The van der Waals surface area contributed by atoms with Crippen LogP contribution < -0.4 is 10.2 Å². The van der Waals surface area contributed by atoms with E-state index >= 15 is 0 Å². The smallest absolute Gasteiger partial charge is 0.362 e. The predicted molar refractivity (Wildman–Crippen MR) is 145 cm³/mol. The molecule has 206 valence electrons. The maximum atomic E-state index is 13.8. The van der Waals surface area contributed by atoms with Crippen LogP contribution in [0.2, 0.25) is 0 Å². The molecule has 0 spiro atoms. The number of carbonyl (C=O) groups excluding carboxylic acids is 1. The van der Waals surface area contributed by atoms with Crippen LogP contribution in [-0.4, -0.2) is 65.4 Å². The fourth-order valence-electron chi connectivity index (χ4n) is 5.61. The number of likely N-dealkylation sites (N-methyl/N-ethyl adjacent to an activating group) is 1. The zero-order valence-corrected chi connectivity index (χ0v) is 22.4. The van der Waals surface area contributed by atoms with E-state index in [9.17, 15) is 18.0 Å². The molecule has 1 saturated heterocycles. The van der Waals surface area contributed by atoms with Crippen LogP contribution >= 0.6 is 0 Å². The van der Waals surface area contributed by atoms with Crippen molar-refractivity contribution in [2.75, 3.05) is 43.9 Å². The number of likely N-dealkylation sites (tertiary alicyclic amines) is 1. The lowest BCUT2D eigenvalue weighted by Gasteiger charge is -2.36. The summed E-state index contributed by atoms with van der Waals surface area (Å²) in [5, 5.41) is 2.73. The third kappa shape index (κ3) is 6.07. The number of alkyl halides is 3. The number of benzene rings is 2. The molecule has 2 aliphatic rings. The van der Waals surface area contributed by atoms with Gasteiger partial charge in [0.1, 0.15) is 6.33 Å². The second-order valence-corrected chi connectivity index (χ2v) is 10.6. The van der Waals surface area contributed by atoms with Crippen LogP contribution in [0.1, 0.15) is 52.0 Å². The minimum Gasteiger partial charge on any atom is -0.362 e. The molecule has 0 aliphatic carbocycles. The van der Waals surface area contributed by atoms with Gasteiger partial charge in [-0.2, -0.15) is 13.2 Å². The van der Waals surface area contributed by atoms with Gasteiger partial charge in [0, 0.05) is 43.5 Å². The minimum atomic E-state index is -4.52. The van der Waals surface area contributed by atoms with Crippen molar-refractivity contribution in [3.63, 3.8) is 0 Å². The van der Waals surface area contributed by atoms with Crippen molar-refractivity contribution in [3.8, 4) is 0 Å². The molecule has 2 atom stereocenters. The highest BCUT2D eigenvalue weighted by atomic mass is 19.4. The predicted octanol–water partition coefficient (Wildman–Crippen LogP) is 5.01. The molecule has 2 aliphatic heterocycles. The van der Waals surface area contributed by atoms with E-state index in [-0.39, 0.29) is 11.7 Å². The van der Waals surface area contributed by atoms with Gasteiger partial charge in [0.15, 0.2) is 0 Å². The van der Waals surface area contributed by atoms with E-state index in [2.05, 4.69) is 36.9 Å². The number of amides is 1. The molecule has 0 saturated carbocycles. The summed E-state index contributed by atoms with van der Waals surface area (Å²) in [5.74, 6) is -0.440. The number of nitrogens with zero attached hydrogens (tertiary/aromatic N) is 5. The molecule has 5 rings (SSSR count). The van der Waals surface area contributed by atoms with Crippen molar-refractivity contribution in [2.45, 2.75) is 44.6 Å². The minimum absolute atomic E-state index is 0.0147. The number of anilines is 2. The number of aromatic nitrogens is 2. The van der Waals surface area contributed by atoms with Crippen molar-refractivity contribution in [1.29, 1.82) is 0 Å². The number of halogens is 3. The first-order valence-electron chi connectivity index (χ1n) is 13.1. The molecule has 0 bridgehead atoms. The van der Waals surface area contributed by atoms with Crippen LogP contribution in [0, 0.1) is 0 Å². The highest BCUT2D eigenvalue weighted by molar-refractivity contribution is 6.04. The van der Waals surface area contributed by atoms with Crippen molar-refractivity contribution in [2.24, 2.45) is 0 Å². The van der Waals surface area contributed by atoms with Gasteiger partial charge in [-0.1, -0.05) is 6.07 Å². The summed E-state index contributed by atoms with van der Waals surface area (Å²) in [4.78, 5) is 28.0. The van der Waals surface area contributed by atoms with E-state index in [4.69, 9.17) is 0 Å². The van der Waals surface area contributed by atoms with Gasteiger partial charge in [0.2, 0.25) is 0 Å². The van der Waals surface area contributed by atoms with E-state index in [1.807, 2.05) is 26.2 Å². The van der Waals surface area contributed by atoms with E-state index < -0.39 is 17.6 Å². The SMILES string of the molecule is CC1c2cc(C(=O)Nc3cc(CN4CC[C@@H](N(C)C)C4)cc(C(F)(F)F)c3)ccc2CCN1c1cncnc1. The molecule has 10 heteroatoms. The molecule has 1 N–H and O–H groups in total. The molecule has 2 aromatic carbocycles. The van der Waals surface area contributed by atoms with Crippen molar-refractivity contribution < 1.29 is 18.0 Å². The fraction of sp³-hybridized carbons (Fsp3) is 0.414. The molecule has 1 aromatic heterocycles. The van der Waals surface area contributed by atoms with E-state index in [1.165, 1.54) is 12.4 Å². The number of hydrogen-bond donors (Lipinski definition) is 1. The normalized spacial score (nSPS) is 19.8. The largest absolute Gasteiger partial charge is 0.416 e. The van der Waals surface area contributed by atoms with Crippen molar-refractivity contribution in [3.05, 3.63) is 82.9 Å². The molecule has 3 heterocycles. The Labute approximate surface area is 226 Å². The van der Waals surface area contributed by atoms with Crippen LogP contribution in [0.25, 0.3) is 0 Å². The fourth-order valence-corrected chi connectivity index (χ4v) is 5.61. The Kier molecular flexibility index (Phi) is 7.59. The quantitative estimate of drug-likeness (QED) is 0.476. The summed E-state index contributed by atoms with van der Waals surface area (Å²) in [7, 11) is 4.03. The van der Waals surface area contributed by atoms with Gasteiger partial charge in [-0.15, -0.1) is 0 Å². The Morgan fingerprint density at radius 1 is 1.10 bits per heavy atom. The molecule has 1 unspecified atom stereocenters. The Bertz CT molecular complexity index is 1330. The lowest BCUT2D eigenvalue weighted by atomic mass is 9.91. The van der Waals surface area contributed by atoms with Gasteiger partial charge < -0.3 is 15.1 Å². The standard InChI is InChI=1S/C29H33F3N6O/c1-19-27-12-22(5-4-21(27)6-9-38(19)26-14-33-18-34-15-26)28(39)35-24-11-20(10-23(13-24)29(30,31)32)16-37-8-7-25(17-37)36(2)3/h4-5,10-15,18-19,25H,6-9,16-17H2,1-3H3,(H,35,39)/t19?,25-/m1/s1. The third-order valence-electron chi connectivity index (χ3n) is 7.79. The monoisotopic (exact) mass is 538 g/mol. The summed E-state index contributed by atoms with van der Waals surface area (Å²) in [6.45, 7) is 4.87. The Hall–Kier alpha value is -3.50. The van der Waals surface area contributed by atoms with Gasteiger partial charge in [-0.3, -0.25) is 9.69 Å². The third-order valence-corrected chi connectivity index (χ3v) is 7.79. The van der Waals surface area contributed by atoms with Crippen LogP contribution in [0.3, 0.4) is 0 Å². The second-order valence-electron chi connectivity index (χ2n) is 10.6. The number of hydrogen-bond acceptors (Lipinski definition) is 6. The average Bonchev–Trinajstić information content (AvgIpc) is 3.37. The van der Waals surface area contributed by atoms with Gasteiger partial charge >= 0.3 is 6.18 Å². The average molecular weight is 539 g/mol. The summed E-state index contributed by atoms with van der Waals surface area (Å²) in [6.07, 6.45) is 2.27. The van der Waals surface area contributed by atoms with Gasteiger partial charge in [0.25, 0.3) is 5.91 Å². The highest BCUT2D eigenvalue weighted by Crippen LogP contribution is 2.35. The van der Waals surface area contributed by atoms with Gasteiger partial charge in [0.05, 0.1) is 29.7 Å². The molecular formula is C29H33F3N6O. The maximum absolute atomic E-state index is 13.8. The van der Waals surface area contributed by atoms with Crippen LogP contribution in [-0.2, 0) is 19.1 Å². The molecule has 39 heavy (non-hydrogen) atoms. The van der Waals surface area contributed by atoms with Crippen LogP contribution in [0.4, 0.5) is 24.5 Å². The first kappa shape index (κ1) is 27.1. The molecule has 7 nitrogen and oxygen atoms in total. The number of rotatable bonds is 6. The molecular weight excluding hydrogens is 505 g/mol. The lowest BCUT2D eigenvalue weighted by Crippen LogP contribution is -2.34. The first-order chi connectivity index (χ1) is 18.6. The number of fused-ring (bicyclic) bond motifs is 1. The van der Waals surface area contributed by atoms with Crippen LogP contribution in [0.15, 0.2) is 55.1 Å². The molecule has 3 aromatic rings. The van der Waals surface area contributed by atoms with E-state index in [1.54, 1.807) is 24.5 Å². The number of nitrogens with one attached hydrogen (secondary N) is 1. The topological polar surface area (TPSA) is 64.6 Å². The zero-order chi connectivity index (χ0) is 27.7. The van der Waals surface area contributed by atoms with E-state index in [0.717, 1.165) is 55.4 Å². The summed E-state index contributed by atoms with van der Waals surface area (Å²) in [6, 6.07) is 9.71. The van der Waals surface area contributed by atoms with Gasteiger partial charge in [-0.05, 0) is 80.9 Å². The lowest BCUT2D eigenvalue weighted by molar-refractivity contribution is -0.137. The first-order valence-corrected chi connectivity index (χ1v) is 13.1. The van der Waals surface area contributed by atoms with E-state index in [0.29, 0.717) is 23.7 Å². The summed E-state index contributed by atoms with van der Waals surface area (Å²) in [5.41, 5.74) is 3.36. The molecule has 0 radical (unpaired) electrons.